The summed E-state index contributed by atoms with van der Waals surface area (Å²) in [5.74, 6) is 0. The summed E-state index contributed by atoms with van der Waals surface area (Å²) in [6.07, 6.45) is 5.57. The quantitative estimate of drug-likeness (QED) is 0.820. The zero-order chi connectivity index (χ0) is 12.8. The Balaban J connectivity index is 1.95. The summed E-state index contributed by atoms with van der Waals surface area (Å²) < 4.78 is 0. The molecular weight excluding hydrogens is 224 g/mol. The van der Waals surface area contributed by atoms with Gasteiger partial charge in [0, 0.05) is 37.0 Å². The predicted molar refractivity (Wildman–Crippen MR) is 74.4 cm³/mol. The van der Waals surface area contributed by atoms with E-state index in [1.54, 1.807) is 0 Å². The van der Waals surface area contributed by atoms with Gasteiger partial charge < -0.3 is 10.4 Å². The van der Waals surface area contributed by atoms with E-state index >= 15 is 0 Å². The number of rotatable bonds is 6. The molecule has 0 aliphatic heterocycles. The van der Waals surface area contributed by atoms with Gasteiger partial charge in [0.1, 0.15) is 0 Å². The highest BCUT2D eigenvalue weighted by molar-refractivity contribution is 5.81. The van der Waals surface area contributed by atoms with E-state index in [0.717, 1.165) is 19.4 Å². The van der Waals surface area contributed by atoms with Crippen LogP contribution in [0, 0.1) is 0 Å². The maximum absolute atomic E-state index is 8.79. The van der Waals surface area contributed by atoms with Crippen LogP contribution >= 0.6 is 0 Å². The van der Waals surface area contributed by atoms with Crippen LogP contribution in [0.4, 0.5) is 0 Å². The summed E-state index contributed by atoms with van der Waals surface area (Å²) in [6.45, 7) is 3.29. The molecule has 1 heterocycles. The molecule has 0 aliphatic rings. The molecule has 2 N–H and O–H groups in total. The van der Waals surface area contributed by atoms with Gasteiger partial charge >= 0.3 is 0 Å². The van der Waals surface area contributed by atoms with Crippen LogP contribution in [0.5, 0.6) is 0 Å². The first-order chi connectivity index (χ1) is 8.79. The minimum Gasteiger partial charge on any atom is -0.396 e. The molecule has 0 spiro atoms. The summed E-state index contributed by atoms with van der Waals surface area (Å²) in [5, 5.41) is 14.7. The second kappa shape index (κ2) is 6.47. The Bertz CT molecular complexity index is 499. The second-order valence-corrected chi connectivity index (χ2v) is 4.70. The van der Waals surface area contributed by atoms with E-state index in [-0.39, 0.29) is 6.61 Å². The van der Waals surface area contributed by atoms with Gasteiger partial charge in [-0.15, -0.1) is 0 Å². The van der Waals surface area contributed by atoms with Crippen molar-refractivity contribution in [3.05, 3.63) is 42.2 Å². The lowest BCUT2D eigenvalue weighted by molar-refractivity contribution is 0.276. The minimum absolute atomic E-state index is 0.273. The SMILES string of the molecule is CC(CCCO)NCc1ccc2cnccc2c1. The zero-order valence-electron chi connectivity index (χ0n) is 10.8. The van der Waals surface area contributed by atoms with E-state index in [2.05, 4.69) is 35.4 Å². The van der Waals surface area contributed by atoms with Gasteiger partial charge in [-0.05, 0) is 42.8 Å². The number of nitrogens with one attached hydrogen (secondary N) is 1. The third-order valence-corrected chi connectivity index (χ3v) is 3.15. The molecule has 3 nitrogen and oxygen atoms in total. The van der Waals surface area contributed by atoms with E-state index in [0.29, 0.717) is 6.04 Å². The van der Waals surface area contributed by atoms with Gasteiger partial charge in [-0.1, -0.05) is 12.1 Å². The summed E-state index contributed by atoms with van der Waals surface area (Å²) >= 11 is 0. The molecule has 3 heteroatoms. The fourth-order valence-corrected chi connectivity index (χ4v) is 2.03. The predicted octanol–water partition coefficient (Wildman–Crippen LogP) is 2.49. The lowest BCUT2D eigenvalue weighted by atomic mass is 10.1. The third-order valence-electron chi connectivity index (χ3n) is 3.15. The lowest BCUT2D eigenvalue weighted by Crippen LogP contribution is -2.25. The standard InChI is InChI=1S/C15H20N2O/c1-12(3-2-8-18)17-10-13-4-5-15-11-16-7-6-14(15)9-13/h4-7,9,11-12,17-18H,2-3,8,10H2,1H3. The summed E-state index contributed by atoms with van der Waals surface area (Å²) in [4.78, 5) is 4.11. The lowest BCUT2D eigenvalue weighted by Gasteiger charge is -2.13. The number of aliphatic hydroxyl groups is 1. The first-order valence-corrected chi connectivity index (χ1v) is 6.46. The van der Waals surface area contributed by atoms with Crippen molar-refractivity contribution in [3.63, 3.8) is 0 Å². The van der Waals surface area contributed by atoms with Crippen LogP contribution < -0.4 is 5.32 Å². The second-order valence-electron chi connectivity index (χ2n) is 4.70. The molecule has 0 bridgehead atoms. The highest BCUT2D eigenvalue weighted by Gasteiger charge is 2.01. The molecule has 0 amide bonds. The van der Waals surface area contributed by atoms with Crippen molar-refractivity contribution in [2.75, 3.05) is 6.61 Å². The first-order valence-electron chi connectivity index (χ1n) is 6.46. The molecule has 0 radical (unpaired) electrons. The molecule has 0 saturated heterocycles. The van der Waals surface area contributed by atoms with Crippen molar-refractivity contribution in [2.45, 2.75) is 32.4 Å². The summed E-state index contributed by atoms with van der Waals surface area (Å²) in [6, 6.07) is 8.91. The van der Waals surface area contributed by atoms with Gasteiger partial charge in [-0.3, -0.25) is 4.98 Å². The number of aliphatic hydroxyl groups excluding tert-OH is 1. The van der Waals surface area contributed by atoms with Crippen LogP contribution in [0.15, 0.2) is 36.7 Å². The number of benzene rings is 1. The van der Waals surface area contributed by atoms with E-state index in [9.17, 15) is 0 Å². The van der Waals surface area contributed by atoms with Crippen molar-refractivity contribution < 1.29 is 5.11 Å². The van der Waals surface area contributed by atoms with Gasteiger partial charge in [0.2, 0.25) is 0 Å². The van der Waals surface area contributed by atoms with Crippen LogP contribution in [0.25, 0.3) is 10.8 Å². The average Bonchev–Trinajstić information content (AvgIpc) is 2.42. The maximum atomic E-state index is 8.79. The van der Waals surface area contributed by atoms with Crippen molar-refractivity contribution in [2.24, 2.45) is 0 Å². The molecule has 0 fully saturated rings. The van der Waals surface area contributed by atoms with E-state index in [4.69, 9.17) is 5.11 Å². The number of aromatic nitrogens is 1. The summed E-state index contributed by atoms with van der Waals surface area (Å²) in [7, 11) is 0. The molecule has 2 rings (SSSR count). The number of fused-ring (bicyclic) bond motifs is 1. The van der Waals surface area contributed by atoms with Crippen LogP contribution in [-0.2, 0) is 6.54 Å². The van der Waals surface area contributed by atoms with Crippen LogP contribution in [0.3, 0.4) is 0 Å². The number of nitrogens with zero attached hydrogens (tertiary/aromatic N) is 1. The smallest absolute Gasteiger partial charge is 0.0431 e. The van der Waals surface area contributed by atoms with Crippen molar-refractivity contribution >= 4 is 10.8 Å². The van der Waals surface area contributed by atoms with Crippen LogP contribution in [0.2, 0.25) is 0 Å². The Morgan fingerprint density at radius 3 is 3.00 bits per heavy atom. The number of hydrogen-bond donors (Lipinski definition) is 2. The minimum atomic E-state index is 0.273. The Labute approximate surface area is 108 Å². The third kappa shape index (κ3) is 3.52. The van der Waals surface area contributed by atoms with Crippen LogP contribution in [-0.4, -0.2) is 22.7 Å². The molecule has 2 aromatic rings. The molecule has 1 aromatic carbocycles. The Morgan fingerprint density at radius 1 is 1.28 bits per heavy atom. The van der Waals surface area contributed by atoms with E-state index in [1.807, 2.05) is 18.5 Å². The normalized spacial score (nSPS) is 12.8. The summed E-state index contributed by atoms with van der Waals surface area (Å²) in [5.41, 5.74) is 1.28. The molecular formula is C15H20N2O. The van der Waals surface area contributed by atoms with Crippen LogP contribution in [0.1, 0.15) is 25.3 Å². The fraction of sp³-hybridized carbons (Fsp3) is 0.400. The van der Waals surface area contributed by atoms with Gasteiger partial charge in [0.25, 0.3) is 0 Å². The Kier molecular flexibility index (Phi) is 4.67. The van der Waals surface area contributed by atoms with Gasteiger partial charge in [0.05, 0.1) is 0 Å². The topological polar surface area (TPSA) is 45.1 Å². The van der Waals surface area contributed by atoms with Crippen molar-refractivity contribution in [1.82, 2.24) is 10.3 Å². The van der Waals surface area contributed by atoms with Gasteiger partial charge in [-0.2, -0.15) is 0 Å². The maximum Gasteiger partial charge on any atom is 0.0431 e. The molecule has 1 unspecified atom stereocenters. The first kappa shape index (κ1) is 13.0. The highest BCUT2D eigenvalue weighted by Crippen LogP contribution is 2.14. The molecule has 96 valence electrons. The number of pyridine rings is 1. The Hall–Kier alpha value is -1.45. The van der Waals surface area contributed by atoms with E-state index < -0.39 is 0 Å². The monoisotopic (exact) mass is 244 g/mol. The van der Waals surface area contributed by atoms with Crippen molar-refractivity contribution in [3.8, 4) is 0 Å². The molecule has 18 heavy (non-hydrogen) atoms. The van der Waals surface area contributed by atoms with Crippen molar-refractivity contribution in [1.29, 1.82) is 0 Å². The molecule has 0 saturated carbocycles. The highest BCUT2D eigenvalue weighted by atomic mass is 16.2. The Morgan fingerprint density at radius 2 is 2.17 bits per heavy atom. The molecule has 1 aromatic heterocycles. The number of hydrogen-bond acceptors (Lipinski definition) is 3. The fourth-order valence-electron chi connectivity index (χ4n) is 2.03. The molecule has 1 atom stereocenters. The largest absolute Gasteiger partial charge is 0.396 e. The average molecular weight is 244 g/mol. The molecule has 0 aliphatic carbocycles. The zero-order valence-corrected chi connectivity index (χ0v) is 10.8. The van der Waals surface area contributed by atoms with Gasteiger partial charge in [-0.25, -0.2) is 0 Å². The van der Waals surface area contributed by atoms with Gasteiger partial charge in [0.15, 0.2) is 0 Å². The van der Waals surface area contributed by atoms with E-state index in [1.165, 1.54) is 16.3 Å².